The second-order valence-electron chi connectivity index (χ2n) is 3.86. The predicted octanol–water partition coefficient (Wildman–Crippen LogP) is 1.55. The average molecular weight is 283 g/mol. The highest BCUT2D eigenvalue weighted by Gasteiger charge is 2.05. The van der Waals surface area contributed by atoms with Gasteiger partial charge in [0.05, 0.1) is 10.5 Å². The van der Waals surface area contributed by atoms with Crippen LogP contribution in [0.4, 0.5) is 4.39 Å². The van der Waals surface area contributed by atoms with Gasteiger partial charge in [-0.2, -0.15) is 4.57 Å². The first kappa shape index (κ1) is 15.3. The standard InChI is InChI=1S/C7H9FN.C6H6O3S/c1-6-4-3-5-9(2)7(6)8;7-10(8,9)6-4-2-1-3-5-6/h3-5H,1-2H3;1-5H,(H,7,8,9)/q+1;/p-1. The summed E-state index contributed by atoms with van der Waals surface area (Å²) in [5, 5.41) is 0. The smallest absolute Gasteiger partial charge is 0.362 e. The molecule has 2 aromatic rings. The molecule has 1 aromatic heterocycles. The molecule has 0 bridgehead atoms. The van der Waals surface area contributed by atoms with Gasteiger partial charge in [0.2, 0.25) is 0 Å². The van der Waals surface area contributed by atoms with E-state index in [-0.39, 0.29) is 10.8 Å². The predicted molar refractivity (Wildman–Crippen MR) is 66.7 cm³/mol. The van der Waals surface area contributed by atoms with Crippen LogP contribution < -0.4 is 4.57 Å². The molecule has 1 heterocycles. The van der Waals surface area contributed by atoms with Crippen LogP contribution in [-0.2, 0) is 17.2 Å². The Bertz CT molecular complexity index is 622. The van der Waals surface area contributed by atoms with E-state index in [1.165, 1.54) is 28.8 Å². The molecule has 0 saturated heterocycles. The van der Waals surface area contributed by atoms with Crippen LogP contribution in [0.2, 0.25) is 0 Å². The molecule has 0 aliphatic rings. The molecule has 2 rings (SSSR count). The summed E-state index contributed by atoms with van der Waals surface area (Å²) in [7, 11) is -2.57. The number of halogens is 1. The second kappa shape index (κ2) is 6.40. The molecule has 0 saturated carbocycles. The van der Waals surface area contributed by atoms with Gasteiger partial charge in [-0.25, -0.2) is 8.42 Å². The van der Waals surface area contributed by atoms with E-state index in [0.29, 0.717) is 5.56 Å². The Morgan fingerprint density at radius 3 is 2.05 bits per heavy atom. The van der Waals surface area contributed by atoms with Gasteiger partial charge in [-0.3, -0.25) is 0 Å². The van der Waals surface area contributed by atoms with E-state index in [9.17, 15) is 17.4 Å². The van der Waals surface area contributed by atoms with Crippen molar-refractivity contribution in [3.05, 3.63) is 60.2 Å². The lowest BCUT2D eigenvalue weighted by atomic mass is 10.3. The van der Waals surface area contributed by atoms with Crippen molar-refractivity contribution < 1.29 is 21.9 Å². The molecule has 0 aliphatic carbocycles. The molecular weight excluding hydrogens is 269 g/mol. The molecule has 19 heavy (non-hydrogen) atoms. The third kappa shape index (κ3) is 4.76. The van der Waals surface area contributed by atoms with Gasteiger partial charge in [0.25, 0.3) is 0 Å². The molecule has 102 valence electrons. The maximum atomic E-state index is 12.7. The fraction of sp³-hybridized carbons (Fsp3) is 0.154. The molecule has 0 aliphatic heterocycles. The molecule has 6 heteroatoms. The van der Waals surface area contributed by atoms with Crippen molar-refractivity contribution in [2.75, 3.05) is 0 Å². The van der Waals surface area contributed by atoms with Gasteiger partial charge in [0.1, 0.15) is 17.2 Å². The molecule has 0 fully saturated rings. The number of aromatic nitrogens is 1. The monoisotopic (exact) mass is 283 g/mol. The highest BCUT2D eigenvalue weighted by Crippen LogP contribution is 2.05. The summed E-state index contributed by atoms with van der Waals surface area (Å²) in [6, 6.07) is 10.8. The van der Waals surface area contributed by atoms with Crippen molar-refractivity contribution in [1.29, 1.82) is 0 Å². The zero-order valence-electron chi connectivity index (χ0n) is 10.6. The number of aryl methyl sites for hydroxylation is 2. The number of nitrogens with zero attached hydrogens (tertiary/aromatic N) is 1. The molecule has 0 atom stereocenters. The molecule has 1 aromatic carbocycles. The second-order valence-corrected chi connectivity index (χ2v) is 5.24. The van der Waals surface area contributed by atoms with Crippen molar-refractivity contribution in [3.63, 3.8) is 0 Å². The number of pyridine rings is 1. The molecule has 0 amide bonds. The Morgan fingerprint density at radius 1 is 1.11 bits per heavy atom. The van der Waals surface area contributed by atoms with Gasteiger partial charge in [-0.15, -0.1) is 4.39 Å². The first-order chi connectivity index (χ1) is 8.82. The summed E-state index contributed by atoms with van der Waals surface area (Å²) in [4.78, 5) is -0.185. The molecule has 0 radical (unpaired) electrons. The summed E-state index contributed by atoms with van der Waals surface area (Å²) in [6.45, 7) is 1.75. The third-order valence-corrected chi connectivity index (χ3v) is 3.17. The maximum absolute atomic E-state index is 12.7. The SMILES string of the molecule is Cc1ccc[n+](C)c1F.O=S(=O)([O-])c1ccccc1. The Morgan fingerprint density at radius 2 is 1.68 bits per heavy atom. The maximum Gasteiger partial charge on any atom is 0.362 e. The van der Waals surface area contributed by atoms with Crippen molar-refractivity contribution >= 4 is 10.1 Å². The van der Waals surface area contributed by atoms with Crippen LogP contribution in [0.15, 0.2) is 53.6 Å². The van der Waals surface area contributed by atoms with Gasteiger partial charge >= 0.3 is 5.95 Å². The van der Waals surface area contributed by atoms with Crippen molar-refractivity contribution in [1.82, 2.24) is 0 Å². The van der Waals surface area contributed by atoms with E-state index in [4.69, 9.17) is 0 Å². The van der Waals surface area contributed by atoms with E-state index >= 15 is 0 Å². The van der Waals surface area contributed by atoms with E-state index in [1.807, 2.05) is 6.07 Å². The normalized spacial score (nSPS) is 10.5. The van der Waals surface area contributed by atoms with Crippen molar-refractivity contribution in [3.8, 4) is 0 Å². The van der Waals surface area contributed by atoms with Crippen LogP contribution in [0.3, 0.4) is 0 Å². The number of benzene rings is 1. The van der Waals surface area contributed by atoms with E-state index in [0.717, 1.165) is 0 Å². The summed E-state index contributed by atoms with van der Waals surface area (Å²) < 4.78 is 45.0. The zero-order chi connectivity index (χ0) is 14.5. The van der Waals surface area contributed by atoms with Gasteiger partial charge in [-0.1, -0.05) is 18.2 Å². The molecule has 0 unspecified atom stereocenters. The molecule has 4 nitrogen and oxygen atoms in total. The number of rotatable bonds is 1. The highest BCUT2D eigenvalue weighted by atomic mass is 32.2. The minimum Gasteiger partial charge on any atom is -0.744 e. The van der Waals surface area contributed by atoms with Gasteiger partial charge in [0.15, 0.2) is 6.20 Å². The Balaban J connectivity index is 0.000000191. The summed E-state index contributed by atoms with van der Waals surface area (Å²) >= 11 is 0. The summed E-state index contributed by atoms with van der Waals surface area (Å²) in [5.74, 6) is -0.169. The molecule has 0 spiro atoms. The first-order valence-electron chi connectivity index (χ1n) is 5.44. The fourth-order valence-corrected chi connectivity index (χ4v) is 1.81. The van der Waals surface area contributed by atoms with Crippen molar-refractivity contribution in [2.24, 2.45) is 7.05 Å². The molecular formula is C13H14FNO3S. The lowest BCUT2D eigenvalue weighted by Crippen LogP contribution is -2.32. The van der Waals surface area contributed by atoms with Crippen LogP contribution in [0.1, 0.15) is 5.56 Å². The van der Waals surface area contributed by atoms with Crippen LogP contribution in [0.25, 0.3) is 0 Å². The highest BCUT2D eigenvalue weighted by molar-refractivity contribution is 7.85. The zero-order valence-corrected chi connectivity index (χ0v) is 11.4. The number of hydrogen-bond donors (Lipinski definition) is 0. The Hall–Kier alpha value is -1.79. The Labute approximate surface area is 111 Å². The average Bonchev–Trinajstić information content (AvgIpc) is 2.37. The van der Waals surface area contributed by atoms with Crippen LogP contribution in [0, 0.1) is 12.9 Å². The minimum absolute atomic E-state index is 0.169. The van der Waals surface area contributed by atoms with Gasteiger partial charge in [-0.05, 0) is 25.1 Å². The minimum atomic E-state index is -4.25. The summed E-state index contributed by atoms with van der Waals surface area (Å²) in [6.07, 6.45) is 1.68. The number of hydrogen-bond acceptors (Lipinski definition) is 3. The lowest BCUT2D eigenvalue weighted by Gasteiger charge is -2.04. The third-order valence-electron chi connectivity index (χ3n) is 2.32. The lowest BCUT2D eigenvalue weighted by molar-refractivity contribution is -0.700. The fourth-order valence-electron chi connectivity index (χ4n) is 1.32. The molecule has 0 N–H and O–H groups in total. The van der Waals surface area contributed by atoms with Gasteiger partial charge < -0.3 is 4.55 Å². The van der Waals surface area contributed by atoms with E-state index in [2.05, 4.69) is 0 Å². The van der Waals surface area contributed by atoms with Gasteiger partial charge in [0, 0.05) is 6.07 Å². The first-order valence-corrected chi connectivity index (χ1v) is 6.85. The quantitative estimate of drug-likeness (QED) is 0.453. The van der Waals surface area contributed by atoms with Crippen LogP contribution in [-0.4, -0.2) is 13.0 Å². The van der Waals surface area contributed by atoms with E-state index < -0.39 is 10.1 Å². The van der Waals surface area contributed by atoms with Crippen LogP contribution >= 0.6 is 0 Å². The van der Waals surface area contributed by atoms with E-state index in [1.54, 1.807) is 32.3 Å². The largest absolute Gasteiger partial charge is 0.744 e. The Kier molecular flexibility index (Phi) is 5.14. The van der Waals surface area contributed by atoms with Crippen LogP contribution in [0.5, 0.6) is 0 Å². The summed E-state index contributed by atoms with van der Waals surface area (Å²) in [5.41, 5.74) is 0.681. The van der Waals surface area contributed by atoms with Crippen molar-refractivity contribution in [2.45, 2.75) is 11.8 Å². The topological polar surface area (TPSA) is 61.1 Å².